The van der Waals surface area contributed by atoms with Gasteiger partial charge in [0.25, 0.3) is 0 Å². The van der Waals surface area contributed by atoms with Gasteiger partial charge in [-0.1, -0.05) is 13.8 Å². The molecule has 2 aromatic heterocycles. The maximum absolute atomic E-state index is 10.9. The lowest BCUT2D eigenvalue weighted by molar-refractivity contribution is -0.0504. The molecule has 172 valence electrons. The maximum Gasteiger partial charge on any atom is 0.469 e. The highest BCUT2D eigenvalue weighted by Crippen LogP contribution is 2.38. The van der Waals surface area contributed by atoms with E-state index in [0.29, 0.717) is 6.42 Å². The molecule has 15 nitrogen and oxygen atoms in total. The van der Waals surface area contributed by atoms with Crippen LogP contribution >= 0.6 is 7.82 Å². The largest absolute Gasteiger partial charge is 0.469 e. The van der Waals surface area contributed by atoms with E-state index in [4.69, 9.17) is 14.5 Å². The standard InChI is InChI=1S/C15H24N7O8P/c1-7(2)3-9(21-25)19-20-13-10-14(17-5-16-13)22(6-18-10)15-12(24)11(23)8(30-15)4-29-31(26,27)28/h5-8,11-12,15,23-25H,3-4H2,1-2H3,(H,19,21)(H,16,17,20)(H2,26,27,28)/t8-,11-,12-,15-/m1/s1. The Kier molecular flexibility index (Phi) is 7.18. The van der Waals surface area contributed by atoms with Gasteiger partial charge in [-0.25, -0.2) is 19.5 Å². The Morgan fingerprint density at radius 3 is 2.71 bits per heavy atom. The van der Waals surface area contributed by atoms with Crippen molar-refractivity contribution in [3.05, 3.63) is 12.7 Å². The number of ether oxygens (including phenoxy) is 1. The number of aliphatic hydroxyl groups is 2. The summed E-state index contributed by atoms with van der Waals surface area (Å²) in [5.74, 6) is 0.737. The van der Waals surface area contributed by atoms with Crippen molar-refractivity contribution in [3.8, 4) is 0 Å². The minimum Gasteiger partial charge on any atom is -0.387 e. The maximum atomic E-state index is 10.9. The number of aliphatic hydroxyl groups excluding tert-OH is 2. The number of nitrogens with one attached hydrogen (secondary N) is 2. The van der Waals surface area contributed by atoms with Gasteiger partial charge in [-0.2, -0.15) is 5.10 Å². The van der Waals surface area contributed by atoms with Crippen molar-refractivity contribution in [2.24, 2.45) is 11.0 Å². The second kappa shape index (κ2) is 9.50. The van der Waals surface area contributed by atoms with E-state index in [-0.39, 0.29) is 28.7 Å². The number of anilines is 1. The predicted octanol–water partition coefficient (Wildman–Crippen LogP) is -0.695. The lowest BCUT2D eigenvalue weighted by Crippen LogP contribution is -2.33. The molecule has 1 aliphatic rings. The molecular weight excluding hydrogens is 437 g/mol. The Labute approximate surface area is 176 Å². The first-order chi connectivity index (χ1) is 14.6. The average Bonchev–Trinajstić information content (AvgIpc) is 3.24. The van der Waals surface area contributed by atoms with Crippen LogP contribution in [-0.4, -0.2) is 75.5 Å². The smallest absolute Gasteiger partial charge is 0.387 e. The highest BCUT2D eigenvalue weighted by Gasteiger charge is 2.45. The Hall–Kier alpha value is -2.23. The summed E-state index contributed by atoms with van der Waals surface area (Å²) >= 11 is 0. The molecule has 1 saturated heterocycles. The van der Waals surface area contributed by atoms with Crippen molar-refractivity contribution >= 4 is 30.6 Å². The predicted molar refractivity (Wildman–Crippen MR) is 105 cm³/mol. The van der Waals surface area contributed by atoms with Gasteiger partial charge in [0.1, 0.15) is 30.5 Å². The number of nitrogens with zero attached hydrogens (tertiary/aromatic N) is 5. The number of imidazole rings is 1. The summed E-state index contributed by atoms with van der Waals surface area (Å²) < 4.78 is 22.1. The molecule has 16 heteroatoms. The molecule has 0 saturated carbocycles. The summed E-state index contributed by atoms with van der Waals surface area (Å²) in [5, 5.41) is 33.8. The van der Waals surface area contributed by atoms with Crippen LogP contribution in [0.4, 0.5) is 5.82 Å². The molecule has 0 amide bonds. The van der Waals surface area contributed by atoms with Crippen LogP contribution in [0.1, 0.15) is 26.5 Å². The molecule has 3 rings (SSSR count). The Morgan fingerprint density at radius 1 is 1.32 bits per heavy atom. The highest BCUT2D eigenvalue weighted by molar-refractivity contribution is 7.46. The van der Waals surface area contributed by atoms with E-state index in [9.17, 15) is 20.0 Å². The van der Waals surface area contributed by atoms with Gasteiger partial charge in [0.05, 0.1) is 12.9 Å². The fourth-order valence-electron chi connectivity index (χ4n) is 3.01. The van der Waals surface area contributed by atoms with Crippen LogP contribution in [0.15, 0.2) is 17.8 Å². The summed E-state index contributed by atoms with van der Waals surface area (Å²) in [6.07, 6.45) is -2.24. The number of aromatic nitrogens is 4. The summed E-state index contributed by atoms with van der Waals surface area (Å²) in [6.45, 7) is 3.28. The third kappa shape index (κ3) is 5.53. The number of amidine groups is 1. The molecule has 0 radical (unpaired) electrons. The van der Waals surface area contributed by atoms with E-state index in [2.05, 4.69) is 30.0 Å². The number of hydrogen-bond donors (Lipinski definition) is 7. The van der Waals surface area contributed by atoms with Crippen LogP contribution in [0.25, 0.3) is 11.2 Å². The number of phosphoric ester groups is 1. The van der Waals surface area contributed by atoms with Crippen molar-refractivity contribution in [2.45, 2.75) is 44.8 Å². The van der Waals surface area contributed by atoms with Gasteiger partial charge in [0.15, 0.2) is 23.2 Å². The SMILES string of the molecule is CC(C)CC(=NNc1ncnc2c1ncn2[C@@H]1O[C@H](COP(=O)(O)O)[C@@H](O)[C@H]1O)NO. The molecular formula is C15H24N7O8P. The van der Waals surface area contributed by atoms with Crippen LogP contribution in [-0.2, 0) is 13.8 Å². The minimum atomic E-state index is -4.77. The Balaban J connectivity index is 1.82. The van der Waals surface area contributed by atoms with Crippen LogP contribution < -0.4 is 10.9 Å². The topological polar surface area (TPSA) is 217 Å². The Morgan fingerprint density at radius 2 is 2.06 bits per heavy atom. The van der Waals surface area contributed by atoms with Crippen LogP contribution in [0.3, 0.4) is 0 Å². The van der Waals surface area contributed by atoms with Crippen molar-refractivity contribution in [2.75, 3.05) is 12.0 Å². The van der Waals surface area contributed by atoms with Crippen molar-refractivity contribution in [1.82, 2.24) is 25.0 Å². The van der Waals surface area contributed by atoms with E-state index in [1.807, 2.05) is 19.3 Å². The van der Waals surface area contributed by atoms with Gasteiger partial charge >= 0.3 is 7.82 Å². The zero-order chi connectivity index (χ0) is 22.8. The number of hydrazone groups is 1. The zero-order valence-corrected chi connectivity index (χ0v) is 17.5. The summed E-state index contributed by atoms with van der Waals surface area (Å²) in [4.78, 5) is 30.0. The number of fused-ring (bicyclic) bond motifs is 1. The van der Waals surface area contributed by atoms with E-state index < -0.39 is 39.0 Å². The van der Waals surface area contributed by atoms with Crippen molar-refractivity contribution < 1.29 is 39.0 Å². The molecule has 7 N–H and O–H groups in total. The quantitative estimate of drug-likeness (QED) is 0.112. The Bertz CT molecular complexity index is 979. The first kappa shape index (κ1) is 23.4. The normalized spacial score (nSPS) is 24.8. The van der Waals surface area contributed by atoms with E-state index in [1.54, 1.807) is 0 Å². The molecule has 0 unspecified atom stereocenters. The van der Waals surface area contributed by atoms with Gasteiger partial charge in [0.2, 0.25) is 0 Å². The van der Waals surface area contributed by atoms with Crippen molar-refractivity contribution in [1.29, 1.82) is 0 Å². The van der Waals surface area contributed by atoms with Crippen LogP contribution in [0.2, 0.25) is 0 Å². The van der Waals surface area contributed by atoms with Gasteiger partial charge < -0.3 is 24.7 Å². The van der Waals surface area contributed by atoms with Crippen molar-refractivity contribution in [3.63, 3.8) is 0 Å². The van der Waals surface area contributed by atoms with Crippen LogP contribution in [0, 0.1) is 5.92 Å². The fraction of sp³-hybridized carbons (Fsp3) is 0.600. The summed E-state index contributed by atoms with van der Waals surface area (Å²) in [7, 11) is -4.77. The van der Waals surface area contributed by atoms with E-state index in [1.165, 1.54) is 17.2 Å². The fourth-order valence-corrected chi connectivity index (χ4v) is 3.35. The first-order valence-corrected chi connectivity index (χ1v) is 10.8. The minimum absolute atomic E-state index is 0.217. The third-order valence-corrected chi connectivity index (χ3v) is 4.89. The molecule has 1 aliphatic heterocycles. The second-order valence-corrected chi connectivity index (χ2v) is 8.50. The van der Waals surface area contributed by atoms with Gasteiger partial charge in [-0.3, -0.25) is 25.2 Å². The molecule has 3 heterocycles. The molecule has 0 bridgehead atoms. The summed E-state index contributed by atoms with van der Waals surface area (Å²) in [5.41, 5.74) is 5.21. The number of rotatable bonds is 8. The molecule has 4 atom stereocenters. The molecule has 0 spiro atoms. The number of hydrogen-bond acceptors (Lipinski definition) is 11. The van der Waals surface area contributed by atoms with E-state index in [0.717, 1.165) is 0 Å². The zero-order valence-electron chi connectivity index (χ0n) is 16.6. The average molecular weight is 461 g/mol. The molecule has 2 aromatic rings. The highest BCUT2D eigenvalue weighted by atomic mass is 31.2. The van der Waals surface area contributed by atoms with Gasteiger partial charge in [-0.15, -0.1) is 0 Å². The molecule has 31 heavy (non-hydrogen) atoms. The third-order valence-electron chi connectivity index (χ3n) is 4.40. The molecule has 1 fully saturated rings. The number of hydroxylamine groups is 1. The lowest BCUT2D eigenvalue weighted by atomic mass is 10.1. The second-order valence-electron chi connectivity index (χ2n) is 7.26. The van der Waals surface area contributed by atoms with E-state index >= 15 is 0 Å². The molecule has 0 aromatic carbocycles. The first-order valence-electron chi connectivity index (χ1n) is 9.22. The lowest BCUT2D eigenvalue weighted by Gasteiger charge is -2.16. The number of phosphoric acid groups is 1. The van der Waals surface area contributed by atoms with Crippen LogP contribution in [0.5, 0.6) is 0 Å². The summed E-state index contributed by atoms with van der Waals surface area (Å²) in [6, 6.07) is 0. The van der Waals surface area contributed by atoms with Gasteiger partial charge in [-0.05, 0) is 5.92 Å². The monoisotopic (exact) mass is 461 g/mol. The molecule has 0 aliphatic carbocycles. The van der Waals surface area contributed by atoms with Gasteiger partial charge in [0, 0.05) is 6.42 Å².